The Bertz CT molecular complexity index is 1270. The molecule has 0 spiro atoms. The van der Waals surface area contributed by atoms with Crippen LogP contribution < -0.4 is 10.1 Å². The number of aliphatic carboxylic acids is 1. The number of fused-ring (bicyclic) bond motifs is 2. The van der Waals surface area contributed by atoms with E-state index in [2.05, 4.69) is 27.2 Å². The number of aryl methyl sites for hydroxylation is 1. The molecule has 5 rings (SSSR count). The molecule has 0 amide bonds. The number of carboxylic acid groups (broad SMARTS) is 1. The summed E-state index contributed by atoms with van der Waals surface area (Å²) in [4.78, 5) is 16.0. The van der Waals surface area contributed by atoms with Gasteiger partial charge in [-0.15, -0.1) is 0 Å². The number of aliphatic hydroxyl groups excluding tert-OH is 1. The second-order valence-corrected chi connectivity index (χ2v) is 8.66. The smallest absolute Gasteiger partial charge is 0.304 e. The van der Waals surface area contributed by atoms with Gasteiger partial charge in [0.15, 0.2) is 6.10 Å². The highest BCUT2D eigenvalue weighted by molar-refractivity contribution is 5.68. The van der Waals surface area contributed by atoms with Gasteiger partial charge in [-0.3, -0.25) is 9.48 Å². The largest absolute Gasteiger partial charge is 0.493 e. The lowest BCUT2D eigenvalue weighted by molar-refractivity contribution is -0.137. The van der Waals surface area contributed by atoms with Gasteiger partial charge in [-0.05, 0) is 41.7 Å². The van der Waals surface area contributed by atoms with Gasteiger partial charge in [0.05, 0.1) is 30.5 Å². The van der Waals surface area contributed by atoms with Gasteiger partial charge >= 0.3 is 5.97 Å². The Morgan fingerprint density at radius 2 is 2.12 bits per heavy atom. The number of hydrogen-bond donors (Lipinski definition) is 3. The molecular weight excluding hydrogens is 432 g/mol. The predicted octanol–water partition coefficient (Wildman–Crippen LogP) is 2.91. The molecule has 0 aliphatic carbocycles. The molecule has 0 saturated heterocycles. The number of aromatic nitrogens is 3. The summed E-state index contributed by atoms with van der Waals surface area (Å²) in [5, 5.41) is 27.5. The summed E-state index contributed by atoms with van der Waals surface area (Å²) >= 11 is 0. The summed E-state index contributed by atoms with van der Waals surface area (Å²) in [6.45, 7) is 1.94. The summed E-state index contributed by atoms with van der Waals surface area (Å²) in [5.41, 5.74) is 4.36. The van der Waals surface area contributed by atoms with Crippen molar-refractivity contribution in [3.05, 3.63) is 70.7 Å². The lowest BCUT2D eigenvalue weighted by Crippen LogP contribution is -2.14. The summed E-state index contributed by atoms with van der Waals surface area (Å²) < 4.78 is 7.34. The molecule has 8 heteroatoms. The molecule has 8 nitrogen and oxygen atoms in total. The molecule has 34 heavy (non-hydrogen) atoms. The zero-order valence-corrected chi connectivity index (χ0v) is 18.7. The Hall–Kier alpha value is -3.83. The van der Waals surface area contributed by atoms with E-state index in [-0.39, 0.29) is 12.3 Å². The number of anilines is 1. The molecule has 0 saturated carbocycles. The number of nitrogens with zero attached hydrogens (tertiary/aromatic N) is 3. The number of carbonyl (C=O) groups is 1. The number of aliphatic hydroxyl groups is 1. The van der Waals surface area contributed by atoms with Crippen molar-refractivity contribution in [3.8, 4) is 17.6 Å². The molecule has 174 valence electrons. The number of hydrogen-bond acceptors (Lipinski definition) is 6. The van der Waals surface area contributed by atoms with Crippen LogP contribution in [0.4, 0.5) is 5.82 Å². The first kappa shape index (κ1) is 22.0. The molecule has 2 aliphatic heterocycles. The molecule has 2 atom stereocenters. The van der Waals surface area contributed by atoms with Crippen molar-refractivity contribution in [2.45, 2.75) is 44.2 Å². The van der Waals surface area contributed by atoms with Crippen molar-refractivity contribution in [3.63, 3.8) is 0 Å². The van der Waals surface area contributed by atoms with Crippen LogP contribution in [0.3, 0.4) is 0 Å². The van der Waals surface area contributed by atoms with Crippen LogP contribution in [0.25, 0.3) is 0 Å². The predicted molar refractivity (Wildman–Crippen MR) is 126 cm³/mol. The number of nitrogens with one attached hydrogen (secondary N) is 1. The van der Waals surface area contributed by atoms with Gasteiger partial charge in [0.25, 0.3) is 0 Å². The Morgan fingerprint density at radius 3 is 3.00 bits per heavy atom. The topological polar surface area (TPSA) is 110 Å². The Kier molecular flexibility index (Phi) is 6.19. The van der Waals surface area contributed by atoms with Crippen molar-refractivity contribution in [1.82, 2.24) is 14.8 Å². The zero-order valence-electron chi connectivity index (χ0n) is 18.7. The third-order valence-electron chi connectivity index (χ3n) is 6.20. The van der Waals surface area contributed by atoms with E-state index in [1.165, 1.54) is 0 Å². The molecule has 0 fully saturated rings. The number of pyridine rings is 1. The first-order chi connectivity index (χ1) is 16.5. The summed E-state index contributed by atoms with van der Waals surface area (Å²) in [5.74, 6) is 6.31. The van der Waals surface area contributed by atoms with Crippen LogP contribution in [0.2, 0.25) is 0 Å². The third-order valence-corrected chi connectivity index (χ3v) is 6.20. The number of ether oxygens (including phenoxy) is 1. The average Bonchev–Trinajstić information content (AvgIpc) is 3.50. The summed E-state index contributed by atoms with van der Waals surface area (Å²) in [6, 6.07) is 9.72. The number of benzene rings is 1. The van der Waals surface area contributed by atoms with Gasteiger partial charge in [0, 0.05) is 31.6 Å². The van der Waals surface area contributed by atoms with Gasteiger partial charge < -0.3 is 20.3 Å². The van der Waals surface area contributed by atoms with E-state index in [4.69, 9.17) is 4.74 Å². The maximum atomic E-state index is 11.5. The third kappa shape index (κ3) is 4.90. The molecule has 1 aromatic carbocycles. The van der Waals surface area contributed by atoms with Crippen molar-refractivity contribution < 1.29 is 19.7 Å². The summed E-state index contributed by atoms with van der Waals surface area (Å²) in [7, 11) is 0. The fraction of sp³-hybridized carbons (Fsp3) is 0.346. The standard InChI is InChI=1S/C26H26N4O4/c31-23(22-7-6-19-2-1-10-27-26(19)29-22)8-3-17-14-28-30(15-17)16-21(13-25(32)33)20-5-4-18-9-11-34-24(18)12-20/h4-7,12,14-15,21,23,31H,1-2,9-11,13,16H2,(H,27,29)(H,32,33). The normalized spacial score (nSPS) is 15.7. The van der Waals surface area contributed by atoms with Gasteiger partial charge in [-0.25, -0.2) is 4.98 Å². The highest BCUT2D eigenvalue weighted by Gasteiger charge is 2.20. The van der Waals surface area contributed by atoms with Crippen LogP contribution in [0.15, 0.2) is 42.7 Å². The van der Waals surface area contributed by atoms with Crippen molar-refractivity contribution in [2.75, 3.05) is 18.5 Å². The molecule has 2 aliphatic rings. The van der Waals surface area contributed by atoms with E-state index < -0.39 is 12.1 Å². The lowest BCUT2D eigenvalue weighted by atomic mass is 9.94. The first-order valence-corrected chi connectivity index (χ1v) is 11.5. The van der Waals surface area contributed by atoms with Crippen LogP contribution in [0.1, 0.15) is 52.8 Å². The minimum Gasteiger partial charge on any atom is -0.493 e. The second kappa shape index (κ2) is 9.57. The van der Waals surface area contributed by atoms with Crippen LogP contribution in [-0.4, -0.2) is 44.1 Å². The van der Waals surface area contributed by atoms with E-state index in [1.54, 1.807) is 17.1 Å². The van der Waals surface area contributed by atoms with Crippen LogP contribution in [0.5, 0.6) is 5.75 Å². The van der Waals surface area contributed by atoms with E-state index in [9.17, 15) is 15.0 Å². The number of rotatable bonds is 6. The highest BCUT2D eigenvalue weighted by Crippen LogP contribution is 2.31. The minimum absolute atomic E-state index is 0.0175. The molecule has 2 unspecified atom stereocenters. The Balaban J connectivity index is 1.29. The van der Waals surface area contributed by atoms with Crippen LogP contribution >= 0.6 is 0 Å². The van der Waals surface area contributed by atoms with Crippen LogP contribution in [-0.2, 0) is 24.2 Å². The van der Waals surface area contributed by atoms with Crippen molar-refractivity contribution in [2.24, 2.45) is 0 Å². The van der Waals surface area contributed by atoms with Gasteiger partial charge in [-0.2, -0.15) is 5.10 Å². The van der Waals surface area contributed by atoms with Crippen LogP contribution in [0, 0.1) is 11.8 Å². The Labute approximate surface area is 197 Å². The van der Waals surface area contributed by atoms with Crippen molar-refractivity contribution in [1.29, 1.82) is 0 Å². The van der Waals surface area contributed by atoms with Crippen molar-refractivity contribution >= 4 is 11.8 Å². The minimum atomic E-state index is -1.01. The van der Waals surface area contributed by atoms with Gasteiger partial charge in [0.1, 0.15) is 11.6 Å². The molecule has 3 N–H and O–H groups in total. The van der Waals surface area contributed by atoms with Gasteiger partial charge in [-0.1, -0.05) is 30.0 Å². The molecule has 0 radical (unpaired) electrons. The molecule has 0 bridgehead atoms. The highest BCUT2D eigenvalue weighted by atomic mass is 16.5. The zero-order chi connectivity index (χ0) is 23.5. The first-order valence-electron chi connectivity index (χ1n) is 11.5. The fourth-order valence-corrected chi connectivity index (χ4v) is 4.41. The molecule has 2 aromatic heterocycles. The maximum Gasteiger partial charge on any atom is 0.304 e. The molecule has 4 heterocycles. The van der Waals surface area contributed by atoms with E-state index in [0.29, 0.717) is 24.4 Å². The quantitative estimate of drug-likeness (QED) is 0.487. The Morgan fingerprint density at radius 1 is 1.24 bits per heavy atom. The number of carboxylic acids is 1. The lowest BCUT2D eigenvalue weighted by Gasteiger charge is -2.17. The summed E-state index contributed by atoms with van der Waals surface area (Å²) in [6.07, 6.45) is 5.29. The average molecular weight is 459 g/mol. The van der Waals surface area contributed by atoms with E-state index in [0.717, 1.165) is 54.1 Å². The van der Waals surface area contributed by atoms with E-state index in [1.807, 2.05) is 30.3 Å². The second-order valence-electron chi connectivity index (χ2n) is 8.66. The van der Waals surface area contributed by atoms with Gasteiger partial charge in [0.2, 0.25) is 0 Å². The monoisotopic (exact) mass is 458 g/mol. The maximum absolute atomic E-state index is 11.5. The van der Waals surface area contributed by atoms with E-state index >= 15 is 0 Å². The SMILES string of the molecule is O=C(O)CC(Cn1cc(C#CC(O)c2ccc3c(n2)NCCC3)cn1)c1ccc2c(c1)OCC2. The molecule has 3 aromatic rings. The fourth-order valence-electron chi connectivity index (χ4n) is 4.41. The molecular formula is C26H26N4O4.